The van der Waals surface area contributed by atoms with Gasteiger partial charge in [0.05, 0.1) is 18.8 Å². The molecular weight excluding hydrogens is 260 g/mol. The summed E-state index contributed by atoms with van der Waals surface area (Å²) < 4.78 is 0. The molecule has 7 heteroatoms. The van der Waals surface area contributed by atoms with E-state index < -0.39 is 24.3 Å². The van der Waals surface area contributed by atoms with E-state index >= 15 is 0 Å². The first-order chi connectivity index (χ1) is 8.11. The summed E-state index contributed by atoms with van der Waals surface area (Å²) in [6, 6.07) is -1.49. The molecule has 0 bridgehead atoms. The Bertz CT molecular complexity index is 255. The molecule has 0 spiro atoms. The van der Waals surface area contributed by atoms with Crippen molar-refractivity contribution in [3.05, 3.63) is 0 Å². The molecule has 5 N–H and O–H groups in total. The fraction of sp³-hybridized carbons (Fsp3) is 0.909. The van der Waals surface area contributed by atoms with Gasteiger partial charge in [-0.2, -0.15) is 0 Å². The Hall–Kier alpha value is -0.400. The SMILES string of the molecule is CCCCCNC(=O)[C@H]1N[C@H](CO)[C@H](O)[C@@H]1O.Cl. The zero-order valence-corrected chi connectivity index (χ0v) is 11.3. The van der Waals surface area contributed by atoms with E-state index in [1.807, 2.05) is 0 Å². The van der Waals surface area contributed by atoms with Crippen molar-refractivity contribution in [1.82, 2.24) is 10.6 Å². The van der Waals surface area contributed by atoms with Crippen LogP contribution in [0.3, 0.4) is 0 Å². The van der Waals surface area contributed by atoms with Crippen LogP contribution in [0, 0.1) is 0 Å². The molecule has 0 aliphatic carbocycles. The number of hydrogen-bond acceptors (Lipinski definition) is 5. The van der Waals surface area contributed by atoms with Crippen molar-refractivity contribution >= 4 is 18.3 Å². The molecule has 1 rings (SSSR count). The fourth-order valence-corrected chi connectivity index (χ4v) is 1.95. The van der Waals surface area contributed by atoms with Crippen molar-refractivity contribution in [2.75, 3.05) is 13.2 Å². The third-order valence-corrected chi connectivity index (χ3v) is 3.06. The third-order valence-electron chi connectivity index (χ3n) is 3.06. The lowest BCUT2D eigenvalue weighted by Gasteiger charge is -2.15. The molecule has 4 atom stereocenters. The number of carbonyl (C=O) groups excluding carboxylic acids is 1. The number of aliphatic hydroxyl groups excluding tert-OH is 3. The summed E-state index contributed by atoms with van der Waals surface area (Å²) in [6.45, 7) is 2.33. The van der Waals surface area contributed by atoms with Gasteiger partial charge in [-0.15, -0.1) is 12.4 Å². The van der Waals surface area contributed by atoms with Crippen LogP contribution >= 0.6 is 12.4 Å². The first-order valence-electron chi connectivity index (χ1n) is 6.12. The quantitative estimate of drug-likeness (QED) is 0.393. The average molecular weight is 283 g/mol. The van der Waals surface area contributed by atoms with Crippen molar-refractivity contribution < 1.29 is 20.1 Å². The van der Waals surface area contributed by atoms with Crippen LogP contribution in [-0.4, -0.2) is 58.7 Å². The molecule has 0 saturated carbocycles. The molecule has 0 aromatic rings. The van der Waals surface area contributed by atoms with Crippen LogP contribution in [-0.2, 0) is 4.79 Å². The molecule has 0 aromatic heterocycles. The minimum absolute atomic E-state index is 0. The van der Waals surface area contributed by atoms with Gasteiger partial charge in [0.1, 0.15) is 12.1 Å². The van der Waals surface area contributed by atoms with E-state index in [2.05, 4.69) is 17.6 Å². The first-order valence-corrected chi connectivity index (χ1v) is 6.12. The lowest BCUT2D eigenvalue weighted by atomic mass is 10.1. The largest absolute Gasteiger partial charge is 0.395 e. The molecule has 0 unspecified atom stereocenters. The molecular formula is C11H23ClN2O4. The minimum atomic E-state index is -1.17. The smallest absolute Gasteiger partial charge is 0.239 e. The van der Waals surface area contributed by atoms with Gasteiger partial charge < -0.3 is 20.6 Å². The number of aliphatic hydroxyl groups is 3. The maximum Gasteiger partial charge on any atom is 0.239 e. The first kappa shape index (κ1) is 17.6. The van der Waals surface area contributed by atoms with Crippen LogP contribution in [0.5, 0.6) is 0 Å². The molecule has 0 radical (unpaired) electrons. The monoisotopic (exact) mass is 282 g/mol. The molecule has 18 heavy (non-hydrogen) atoms. The van der Waals surface area contributed by atoms with Gasteiger partial charge in [-0.3, -0.25) is 10.1 Å². The number of unbranched alkanes of at least 4 members (excludes halogenated alkanes) is 2. The average Bonchev–Trinajstić information content (AvgIpc) is 2.61. The van der Waals surface area contributed by atoms with E-state index in [9.17, 15) is 15.0 Å². The van der Waals surface area contributed by atoms with Crippen molar-refractivity contribution in [1.29, 1.82) is 0 Å². The maximum atomic E-state index is 11.7. The van der Waals surface area contributed by atoms with Crippen molar-refractivity contribution in [3.8, 4) is 0 Å². The Kier molecular flexibility index (Phi) is 8.47. The van der Waals surface area contributed by atoms with Gasteiger partial charge in [0.2, 0.25) is 5.91 Å². The predicted octanol–water partition coefficient (Wildman–Crippen LogP) is -1.23. The Morgan fingerprint density at radius 1 is 1.28 bits per heavy atom. The van der Waals surface area contributed by atoms with Gasteiger partial charge in [-0.05, 0) is 6.42 Å². The molecule has 0 aromatic carbocycles. The van der Waals surface area contributed by atoms with Crippen LogP contribution in [0.4, 0.5) is 0 Å². The normalized spacial score (nSPS) is 30.9. The van der Waals surface area contributed by atoms with Crippen LogP contribution in [0.1, 0.15) is 26.2 Å². The van der Waals surface area contributed by atoms with E-state index in [4.69, 9.17) is 5.11 Å². The summed E-state index contributed by atoms with van der Waals surface area (Å²) in [6.07, 6.45) is 0.746. The molecule has 1 heterocycles. The van der Waals surface area contributed by atoms with Gasteiger partial charge in [0.15, 0.2) is 0 Å². The molecule has 1 aliphatic heterocycles. The second-order valence-electron chi connectivity index (χ2n) is 4.41. The molecule has 108 valence electrons. The van der Waals surface area contributed by atoms with E-state index in [0.717, 1.165) is 19.3 Å². The molecule has 1 fully saturated rings. The topological polar surface area (TPSA) is 102 Å². The van der Waals surface area contributed by atoms with E-state index in [0.29, 0.717) is 6.54 Å². The van der Waals surface area contributed by atoms with E-state index in [-0.39, 0.29) is 24.9 Å². The van der Waals surface area contributed by atoms with Crippen LogP contribution < -0.4 is 10.6 Å². The van der Waals surface area contributed by atoms with Gasteiger partial charge >= 0.3 is 0 Å². The van der Waals surface area contributed by atoms with Gasteiger partial charge in [0, 0.05) is 6.54 Å². The highest BCUT2D eigenvalue weighted by atomic mass is 35.5. The van der Waals surface area contributed by atoms with Crippen LogP contribution in [0.2, 0.25) is 0 Å². The molecule has 1 aliphatic rings. The Morgan fingerprint density at radius 2 is 1.94 bits per heavy atom. The Labute approximate surface area is 113 Å². The zero-order chi connectivity index (χ0) is 12.8. The summed E-state index contributed by atoms with van der Waals surface area (Å²) in [5.74, 6) is -0.330. The Morgan fingerprint density at radius 3 is 2.44 bits per heavy atom. The van der Waals surface area contributed by atoms with Crippen molar-refractivity contribution in [2.45, 2.75) is 50.5 Å². The fourth-order valence-electron chi connectivity index (χ4n) is 1.95. The summed E-state index contributed by atoms with van der Waals surface area (Å²) >= 11 is 0. The molecule has 1 saturated heterocycles. The summed E-state index contributed by atoms with van der Waals surface area (Å²) in [5, 5.41) is 33.5. The molecule has 1 amide bonds. The van der Waals surface area contributed by atoms with Gasteiger partial charge in [0.25, 0.3) is 0 Å². The van der Waals surface area contributed by atoms with Crippen molar-refractivity contribution in [3.63, 3.8) is 0 Å². The highest BCUT2D eigenvalue weighted by Crippen LogP contribution is 2.14. The second-order valence-corrected chi connectivity index (χ2v) is 4.41. The maximum absolute atomic E-state index is 11.7. The lowest BCUT2D eigenvalue weighted by Crippen LogP contribution is -2.47. The number of halogens is 1. The van der Waals surface area contributed by atoms with Crippen LogP contribution in [0.25, 0.3) is 0 Å². The zero-order valence-electron chi connectivity index (χ0n) is 10.5. The summed E-state index contributed by atoms with van der Waals surface area (Å²) in [4.78, 5) is 11.7. The number of amides is 1. The third kappa shape index (κ3) is 4.37. The minimum Gasteiger partial charge on any atom is -0.395 e. The number of nitrogens with one attached hydrogen (secondary N) is 2. The predicted molar refractivity (Wildman–Crippen MR) is 69.6 cm³/mol. The highest BCUT2D eigenvalue weighted by molar-refractivity contribution is 5.85. The van der Waals surface area contributed by atoms with Gasteiger partial charge in [-0.25, -0.2) is 0 Å². The summed E-state index contributed by atoms with van der Waals surface area (Å²) in [7, 11) is 0. The van der Waals surface area contributed by atoms with Crippen molar-refractivity contribution in [2.24, 2.45) is 0 Å². The second kappa shape index (κ2) is 8.66. The Balaban J connectivity index is 0.00000289. The van der Waals surface area contributed by atoms with E-state index in [1.165, 1.54) is 0 Å². The molecule has 6 nitrogen and oxygen atoms in total. The lowest BCUT2D eigenvalue weighted by molar-refractivity contribution is -0.125. The van der Waals surface area contributed by atoms with Crippen LogP contribution in [0.15, 0.2) is 0 Å². The van der Waals surface area contributed by atoms with Gasteiger partial charge in [-0.1, -0.05) is 19.8 Å². The number of carbonyl (C=O) groups is 1. The number of hydrogen-bond donors (Lipinski definition) is 5. The standard InChI is InChI=1S/C11H22N2O4.ClH/c1-2-3-4-5-12-11(17)8-10(16)9(15)7(6-14)13-8;/h7-10,13-16H,2-6H2,1H3,(H,12,17);1H/t7-,8+,9+,10-;/m1./s1. The summed E-state index contributed by atoms with van der Waals surface area (Å²) in [5.41, 5.74) is 0. The highest BCUT2D eigenvalue weighted by Gasteiger charge is 2.43. The number of rotatable bonds is 6. The van der Waals surface area contributed by atoms with E-state index in [1.54, 1.807) is 0 Å².